The largest absolute Gasteiger partial charge is 0.475 e. The smallest absolute Gasteiger partial charge is 0.288 e. The number of halogens is 1. The lowest BCUT2D eigenvalue weighted by Crippen LogP contribution is -2.38. The number of hydrogen-bond donors (Lipinski definition) is 1. The fourth-order valence-corrected chi connectivity index (χ4v) is 2.32. The lowest BCUT2D eigenvalue weighted by Gasteiger charge is -2.23. The highest BCUT2D eigenvalue weighted by Gasteiger charge is 2.15. The van der Waals surface area contributed by atoms with Crippen LogP contribution < -0.4 is 10.1 Å². The molecule has 1 saturated heterocycles. The Balaban J connectivity index is 1.94. The summed E-state index contributed by atoms with van der Waals surface area (Å²) in [6.45, 7) is 1.55. The molecule has 18 heavy (non-hydrogen) atoms. The molecule has 0 radical (unpaired) electrons. The number of aromatic nitrogens is 1. The summed E-state index contributed by atoms with van der Waals surface area (Å²) >= 11 is 3.23. The first-order chi connectivity index (χ1) is 8.66. The van der Waals surface area contributed by atoms with Gasteiger partial charge >= 0.3 is 0 Å². The van der Waals surface area contributed by atoms with Crippen LogP contribution in [0.25, 0.3) is 0 Å². The van der Waals surface area contributed by atoms with Crippen LogP contribution in [0.15, 0.2) is 16.7 Å². The summed E-state index contributed by atoms with van der Waals surface area (Å²) in [6, 6.07) is 1.74. The Labute approximate surface area is 113 Å². The molecular formula is C11H14BrN3O3. The van der Waals surface area contributed by atoms with Crippen LogP contribution in [0.1, 0.15) is 19.3 Å². The topological polar surface area (TPSA) is 77.3 Å². The van der Waals surface area contributed by atoms with Crippen molar-refractivity contribution in [1.82, 2.24) is 10.3 Å². The van der Waals surface area contributed by atoms with Crippen molar-refractivity contribution in [2.75, 3.05) is 13.2 Å². The molecule has 0 spiro atoms. The molecule has 2 rings (SSSR count). The van der Waals surface area contributed by atoms with Crippen LogP contribution in [0.5, 0.6) is 5.88 Å². The molecule has 1 aliphatic heterocycles. The molecule has 6 nitrogen and oxygen atoms in total. The van der Waals surface area contributed by atoms with Crippen molar-refractivity contribution in [3.63, 3.8) is 0 Å². The number of piperidine rings is 1. The number of hydrogen-bond acceptors (Lipinski definition) is 5. The minimum absolute atomic E-state index is 0.0509. The van der Waals surface area contributed by atoms with Crippen LogP contribution in [0.4, 0.5) is 5.69 Å². The second kappa shape index (κ2) is 6.10. The summed E-state index contributed by atoms with van der Waals surface area (Å²) in [5.41, 5.74) is -0.0509. The molecule has 1 fully saturated rings. The second-order valence-corrected chi connectivity index (χ2v) is 5.05. The molecule has 0 amide bonds. The van der Waals surface area contributed by atoms with Crippen LogP contribution >= 0.6 is 15.9 Å². The minimum atomic E-state index is -0.482. The Morgan fingerprint density at radius 1 is 1.61 bits per heavy atom. The highest BCUT2D eigenvalue weighted by atomic mass is 79.9. The maximum absolute atomic E-state index is 10.6. The quantitative estimate of drug-likeness (QED) is 0.681. The van der Waals surface area contributed by atoms with Gasteiger partial charge in [-0.3, -0.25) is 10.1 Å². The van der Waals surface area contributed by atoms with E-state index >= 15 is 0 Å². The van der Waals surface area contributed by atoms with E-state index in [-0.39, 0.29) is 5.69 Å². The Bertz CT molecular complexity index is 436. The Hall–Kier alpha value is -1.21. The van der Waals surface area contributed by atoms with Gasteiger partial charge in [-0.25, -0.2) is 4.98 Å². The molecule has 1 aromatic heterocycles. The first kappa shape index (κ1) is 13.2. The van der Waals surface area contributed by atoms with Crippen LogP contribution in [0, 0.1) is 10.1 Å². The summed E-state index contributed by atoms with van der Waals surface area (Å²) in [5, 5.41) is 13.9. The standard InChI is InChI=1S/C11H14BrN3O3/c12-10-5-9(15(16)17)6-14-11(10)18-7-8-3-1-2-4-13-8/h5-6,8,13H,1-4,7H2/t8-/m0/s1. The lowest BCUT2D eigenvalue weighted by atomic mass is 10.1. The van der Waals surface area contributed by atoms with Crippen molar-refractivity contribution in [3.8, 4) is 5.88 Å². The van der Waals surface area contributed by atoms with Crippen LogP contribution in [-0.4, -0.2) is 29.1 Å². The van der Waals surface area contributed by atoms with E-state index in [4.69, 9.17) is 4.74 Å². The van der Waals surface area contributed by atoms with Gasteiger partial charge in [0.15, 0.2) is 0 Å². The number of nitrogens with one attached hydrogen (secondary N) is 1. The lowest BCUT2D eigenvalue weighted by molar-refractivity contribution is -0.385. The van der Waals surface area contributed by atoms with Crippen molar-refractivity contribution >= 4 is 21.6 Å². The maximum Gasteiger partial charge on any atom is 0.288 e. The summed E-state index contributed by atoms with van der Waals surface area (Å²) < 4.78 is 6.07. The average molecular weight is 316 g/mol. The van der Waals surface area contributed by atoms with Gasteiger partial charge in [-0.1, -0.05) is 6.42 Å². The number of pyridine rings is 1. The third-order valence-electron chi connectivity index (χ3n) is 2.84. The van der Waals surface area contributed by atoms with Crippen LogP contribution in [0.3, 0.4) is 0 Å². The molecule has 0 bridgehead atoms. The fourth-order valence-electron chi connectivity index (χ4n) is 1.87. The summed E-state index contributed by atoms with van der Waals surface area (Å²) in [4.78, 5) is 14.0. The molecular weight excluding hydrogens is 302 g/mol. The Morgan fingerprint density at radius 3 is 3.06 bits per heavy atom. The fraction of sp³-hybridized carbons (Fsp3) is 0.545. The second-order valence-electron chi connectivity index (χ2n) is 4.20. The molecule has 0 aromatic carbocycles. The molecule has 1 atom stereocenters. The van der Waals surface area contributed by atoms with Gasteiger partial charge in [0.1, 0.15) is 12.8 Å². The molecule has 0 unspecified atom stereocenters. The molecule has 1 aromatic rings. The average Bonchev–Trinajstić information content (AvgIpc) is 2.38. The van der Waals surface area contributed by atoms with Gasteiger partial charge in [0.05, 0.1) is 9.40 Å². The zero-order chi connectivity index (χ0) is 13.0. The molecule has 0 aliphatic carbocycles. The first-order valence-electron chi connectivity index (χ1n) is 5.83. The molecule has 1 aliphatic rings. The van der Waals surface area contributed by atoms with E-state index in [9.17, 15) is 10.1 Å². The molecule has 2 heterocycles. The van der Waals surface area contributed by atoms with E-state index < -0.39 is 4.92 Å². The molecule has 0 saturated carbocycles. The third kappa shape index (κ3) is 3.39. The number of nitro groups is 1. The maximum atomic E-state index is 10.6. The zero-order valence-corrected chi connectivity index (χ0v) is 11.4. The minimum Gasteiger partial charge on any atom is -0.475 e. The summed E-state index contributed by atoms with van der Waals surface area (Å²) in [7, 11) is 0. The van der Waals surface area contributed by atoms with Gasteiger partial charge in [-0.2, -0.15) is 0 Å². The summed E-state index contributed by atoms with van der Waals surface area (Å²) in [6.07, 6.45) is 4.70. The Kier molecular flexibility index (Phi) is 4.48. The number of nitrogens with zero attached hydrogens (tertiary/aromatic N) is 2. The van der Waals surface area contributed by atoms with Crippen LogP contribution in [0.2, 0.25) is 0 Å². The SMILES string of the molecule is O=[N+]([O-])c1cnc(OC[C@@H]2CCCCN2)c(Br)c1. The van der Waals surface area contributed by atoms with E-state index in [0.29, 0.717) is 23.0 Å². The first-order valence-corrected chi connectivity index (χ1v) is 6.62. The van der Waals surface area contributed by atoms with Gasteiger partial charge in [0.25, 0.3) is 5.69 Å². The number of ether oxygens (including phenoxy) is 1. The van der Waals surface area contributed by atoms with Crippen molar-refractivity contribution in [2.45, 2.75) is 25.3 Å². The highest BCUT2D eigenvalue weighted by Crippen LogP contribution is 2.26. The predicted molar refractivity (Wildman–Crippen MR) is 69.7 cm³/mol. The van der Waals surface area contributed by atoms with E-state index in [1.165, 1.54) is 25.1 Å². The van der Waals surface area contributed by atoms with Crippen LogP contribution in [-0.2, 0) is 0 Å². The van der Waals surface area contributed by atoms with E-state index in [2.05, 4.69) is 26.2 Å². The van der Waals surface area contributed by atoms with Crippen molar-refractivity contribution in [1.29, 1.82) is 0 Å². The third-order valence-corrected chi connectivity index (χ3v) is 3.41. The zero-order valence-electron chi connectivity index (χ0n) is 9.76. The van der Waals surface area contributed by atoms with Gasteiger partial charge < -0.3 is 10.1 Å². The van der Waals surface area contributed by atoms with Crippen molar-refractivity contribution in [3.05, 3.63) is 26.9 Å². The monoisotopic (exact) mass is 315 g/mol. The van der Waals surface area contributed by atoms with E-state index in [1.54, 1.807) is 0 Å². The number of rotatable bonds is 4. The normalized spacial score (nSPS) is 19.5. The van der Waals surface area contributed by atoms with Crippen molar-refractivity contribution in [2.24, 2.45) is 0 Å². The molecule has 7 heteroatoms. The molecule has 98 valence electrons. The summed E-state index contributed by atoms with van der Waals surface area (Å²) in [5.74, 6) is 0.396. The van der Waals surface area contributed by atoms with E-state index in [1.807, 2.05) is 0 Å². The highest BCUT2D eigenvalue weighted by molar-refractivity contribution is 9.10. The van der Waals surface area contributed by atoms with Gasteiger partial charge in [0.2, 0.25) is 5.88 Å². The van der Waals surface area contributed by atoms with Gasteiger partial charge in [0, 0.05) is 12.1 Å². The van der Waals surface area contributed by atoms with Crippen molar-refractivity contribution < 1.29 is 9.66 Å². The van der Waals surface area contributed by atoms with E-state index in [0.717, 1.165) is 13.0 Å². The Morgan fingerprint density at radius 2 is 2.44 bits per heavy atom. The predicted octanol–water partition coefficient (Wildman–Crippen LogP) is 2.27. The van der Waals surface area contributed by atoms with Gasteiger partial charge in [-0.15, -0.1) is 0 Å². The molecule has 1 N–H and O–H groups in total. The van der Waals surface area contributed by atoms with Gasteiger partial charge in [-0.05, 0) is 35.3 Å².